The third kappa shape index (κ3) is 4.68. The predicted molar refractivity (Wildman–Crippen MR) is 104 cm³/mol. The van der Waals surface area contributed by atoms with Gasteiger partial charge in [0.25, 0.3) is 11.8 Å². The zero-order chi connectivity index (χ0) is 20.1. The van der Waals surface area contributed by atoms with Crippen molar-refractivity contribution in [2.24, 2.45) is 0 Å². The number of para-hydroxylation sites is 2. The lowest BCUT2D eigenvalue weighted by Crippen LogP contribution is -2.40. The standard InChI is InChI=1S/C21H22N2O5/c1-14-7-9-16(10-8-14)22-21(26)15(2)28-20(25)11-12-23-17-5-3-4-6-18(17)27-13-19(23)24/h3-10,15H,11-13H2,1-2H3,(H,22,26)/t15-/m1/s1. The van der Waals surface area contributed by atoms with Crippen molar-refractivity contribution in [3.05, 3.63) is 54.1 Å². The molecule has 3 rings (SSSR count). The van der Waals surface area contributed by atoms with Crippen LogP contribution < -0.4 is 15.0 Å². The lowest BCUT2D eigenvalue weighted by Gasteiger charge is -2.29. The first-order chi connectivity index (χ1) is 13.4. The summed E-state index contributed by atoms with van der Waals surface area (Å²) in [5.74, 6) is -0.591. The predicted octanol–water partition coefficient (Wildman–Crippen LogP) is 2.68. The van der Waals surface area contributed by atoms with E-state index < -0.39 is 18.0 Å². The zero-order valence-electron chi connectivity index (χ0n) is 15.8. The Morgan fingerprint density at radius 3 is 2.64 bits per heavy atom. The molecule has 0 aliphatic carbocycles. The third-order valence-corrected chi connectivity index (χ3v) is 4.34. The summed E-state index contributed by atoms with van der Waals surface area (Å²) in [6.45, 7) is 3.55. The minimum atomic E-state index is -0.943. The van der Waals surface area contributed by atoms with Gasteiger partial charge in [0.15, 0.2) is 12.7 Å². The van der Waals surface area contributed by atoms with Crippen LogP contribution in [-0.4, -0.2) is 37.0 Å². The third-order valence-electron chi connectivity index (χ3n) is 4.34. The molecule has 7 heteroatoms. The molecule has 2 aromatic rings. The number of carbonyl (C=O) groups is 3. The number of ether oxygens (including phenoxy) is 2. The summed E-state index contributed by atoms with van der Waals surface area (Å²) in [5.41, 5.74) is 2.34. The Morgan fingerprint density at radius 2 is 1.89 bits per heavy atom. The summed E-state index contributed by atoms with van der Waals surface area (Å²) >= 11 is 0. The van der Waals surface area contributed by atoms with Gasteiger partial charge in [-0.3, -0.25) is 14.4 Å². The van der Waals surface area contributed by atoms with E-state index in [4.69, 9.17) is 9.47 Å². The fraction of sp³-hybridized carbons (Fsp3) is 0.286. The number of aryl methyl sites for hydroxylation is 1. The van der Waals surface area contributed by atoms with Gasteiger partial charge in [0.05, 0.1) is 12.1 Å². The Labute approximate surface area is 163 Å². The number of hydrogen-bond donors (Lipinski definition) is 1. The SMILES string of the molecule is Cc1ccc(NC(=O)[C@@H](C)OC(=O)CCN2C(=O)COc3ccccc32)cc1. The van der Waals surface area contributed by atoms with Crippen LogP contribution in [0.4, 0.5) is 11.4 Å². The number of carbonyl (C=O) groups excluding carboxylic acids is 3. The minimum Gasteiger partial charge on any atom is -0.482 e. The number of esters is 1. The van der Waals surface area contributed by atoms with Gasteiger partial charge in [0, 0.05) is 12.2 Å². The second kappa shape index (κ2) is 8.56. The maximum Gasteiger partial charge on any atom is 0.308 e. The molecule has 0 radical (unpaired) electrons. The van der Waals surface area contributed by atoms with Crippen molar-refractivity contribution >= 4 is 29.2 Å². The fourth-order valence-corrected chi connectivity index (χ4v) is 2.79. The molecule has 1 aliphatic heterocycles. The molecular formula is C21H22N2O5. The first-order valence-corrected chi connectivity index (χ1v) is 9.03. The van der Waals surface area contributed by atoms with Gasteiger partial charge < -0.3 is 19.7 Å². The lowest BCUT2D eigenvalue weighted by atomic mass is 10.2. The molecule has 1 atom stereocenters. The van der Waals surface area contributed by atoms with Gasteiger partial charge in [0.1, 0.15) is 5.75 Å². The Hall–Kier alpha value is -3.35. The molecule has 7 nitrogen and oxygen atoms in total. The maximum absolute atomic E-state index is 12.2. The molecule has 0 bridgehead atoms. The van der Waals surface area contributed by atoms with Crippen molar-refractivity contribution in [1.82, 2.24) is 0 Å². The Bertz CT molecular complexity index is 879. The van der Waals surface area contributed by atoms with Crippen molar-refractivity contribution in [3.8, 4) is 5.75 Å². The molecule has 1 heterocycles. The Morgan fingerprint density at radius 1 is 1.18 bits per heavy atom. The van der Waals surface area contributed by atoms with Crippen LogP contribution in [0.1, 0.15) is 18.9 Å². The van der Waals surface area contributed by atoms with E-state index in [-0.39, 0.29) is 25.5 Å². The van der Waals surface area contributed by atoms with Gasteiger partial charge in [-0.15, -0.1) is 0 Å². The first-order valence-electron chi connectivity index (χ1n) is 9.03. The van der Waals surface area contributed by atoms with Crippen molar-refractivity contribution in [2.45, 2.75) is 26.4 Å². The van der Waals surface area contributed by atoms with E-state index in [0.29, 0.717) is 17.1 Å². The number of nitrogens with zero attached hydrogens (tertiary/aromatic N) is 1. The lowest BCUT2D eigenvalue weighted by molar-refractivity contribution is -0.153. The Balaban J connectivity index is 1.52. The van der Waals surface area contributed by atoms with E-state index >= 15 is 0 Å². The minimum absolute atomic E-state index is 0.0256. The number of amides is 2. The summed E-state index contributed by atoms with van der Waals surface area (Å²) in [7, 11) is 0. The molecule has 2 amide bonds. The summed E-state index contributed by atoms with van der Waals surface area (Å²) in [5, 5.41) is 2.70. The van der Waals surface area contributed by atoms with Crippen LogP contribution in [0, 0.1) is 6.92 Å². The molecule has 146 valence electrons. The monoisotopic (exact) mass is 382 g/mol. The topological polar surface area (TPSA) is 84.9 Å². The first kappa shape index (κ1) is 19.4. The molecule has 0 aromatic heterocycles. The van der Waals surface area contributed by atoms with Crippen LogP contribution in [-0.2, 0) is 19.1 Å². The second-order valence-corrected chi connectivity index (χ2v) is 6.54. The fourth-order valence-electron chi connectivity index (χ4n) is 2.79. The summed E-state index contributed by atoms with van der Waals surface area (Å²) in [6.07, 6.45) is -0.969. The molecular weight excluding hydrogens is 360 g/mol. The highest BCUT2D eigenvalue weighted by molar-refractivity contribution is 5.98. The molecule has 0 spiro atoms. The number of hydrogen-bond acceptors (Lipinski definition) is 5. The van der Waals surface area contributed by atoms with Crippen LogP contribution in [0.25, 0.3) is 0 Å². The van der Waals surface area contributed by atoms with Crippen LogP contribution in [0.3, 0.4) is 0 Å². The average molecular weight is 382 g/mol. The van der Waals surface area contributed by atoms with E-state index in [2.05, 4.69) is 5.32 Å². The highest BCUT2D eigenvalue weighted by atomic mass is 16.5. The van der Waals surface area contributed by atoms with Gasteiger partial charge in [-0.05, 0) is 38.1 Å². The van der Waals surface area contributed by atoms with Gasteiger partial charge in [-0.2, -0.15) is 0 Å². The summed E-state index contributed by atoms with van der Waals surface area (Å²) in [6, 6.07) is 14.5. The number of nitrogens with one attached hydrogen (secondary N) is 1. The van der Waals surface area contributed by atoms with E-state index in [1.54, 1.807) is 30.3 Å². The molecule has 1 aliphatic rings. The molecule has 2 aromatic carbocycles. The molecule has 0 unspecified atom stereocenters. The number of fused-ring (bicyclic) bond motifs is 1. The zero-order valence-corrected chi connectivity index (χ0v) is 15.8. The number of rotatable bonds is 6. The quantitative estimate of drug-likeness (QED) is 0.777. The Kier molecular flexibility index (Phi) is 5.93. The van der Waals surface area contributed by atoms with Crippen LogP contribution >= 0.6 is 0 Å². The summed E-state index contributed by atoms with van der Waals surface area (Å²) in [4.78, 5) is 37.9. The number of anilines is 2. The number of benzene rings is 2. The highest BCUT2D eigenvalue weighted by Crippen LogP contribution is 2.31. The van der Waals surface area contributed by atoms with Crippen molar-refractivity contribution < 1.29 is 23.9 Å². The normalized spacial score (nSPS) is 13.9. The van der Waals surface area contributed by atoms with E-state index in [0.717, 1.165) is 5.56 Å². The maximum atomic E-state index is 12.2. The molecule has 1 N–H and O–H groups in total. The largest absolute Gasteiger partial charge is 0.482 e. The molecule has 0 saturated carbocycles. The van der Waals surface area contributed by atoms with Crippen LogP contribution in [0.15, 0.2) is 48.5 Å². The van der Waals surface area contributed by atoms with Gasteiger partial charge in [0.2, 0.25) is 0 Å². The molecule has 0 fully saturated rings. The van der Waals surface area contributed by atoms with E-state index in [1.165, 1.54) is 11.8 Å². The summed E-state index contributed by atoms with van der Waals surface area (Å²) < 4.78 is 10.6. The highest BCUT2D eigenvalue weighted by Gasteiger charge is 2.26. The van der Waals surface area contributed by atoms with Gasteiger partial charge in [-0.1, -0.05) is 29.8 Å². The molecule has 0 saturated heterocycles. The average Bonchev–Trinajstić information content (AvgIpc) is 2.69. The molecule has 28 heavy (non-hydrogen) atoms. The van der Waals surface area contributed by atoms with E-state index in [9.17, 15) is 14.4 Å². The van der Waals surface area contributed by atoms with Gasteiger partial charge in [-0.25, -0.2) is 0 Å². The van der Waals surface area contributed by atoms with E-state index in [1.807, 2.05) is 25.1 Å². The van der Waals surface area contributed by atoms with Crippen molar-refractivity contribution in [3.63, 3.8) is 0 Å². The smallest absolute Gasteiger partial charge is 0.308 e. The van der Waals surface area contributed by atoms with Gasteiger partial charge >= 0.3 is 5.97 Å². The van der Waals surface area contributed by atoms with Crippen LogP contribution in [0.2, 0.25) is 0 Å². The van der Waals surface area contributed by atoms with Crippen molar-refractivity contribution in [2.75, 3.05) is 23.4 Å². The van der Waals surface area contributed by atoms with Crippen LogP contribution in [0.5, 0.6) is 5.75 Å². The van der Waals surface area contributed by atoms with Crippen molar-refractivity contribution in [1.29, 1.82) is 0 Å². The second-order valence-electron chi connectivity index (χ2n) is 6.54.